The first-order valence-electron chi connectivity index (χ1n) is 9.94. The number of amides is 1. The first-order chi connectivity index (χ1) is 12.6. The van der Waals surface area contributed by atoms with E-state index in [1.54, 1.807) is 6.20 Å². The molecule has 0 aromatic carbocycles. The number of nitrogens with one attached hydrogen (secondary N) is 1. The largest absolute Gasteiger partial charge is 0.368 e. The van der Waals surface area contributed by atoms with E-state index in [9.17, 15) is 4.79 Å². The van der Waals surface area contributed by atoms with Crippen molar-refractivity contribution in [1.82, 2.24) is 19.7 Å². The van der Waals surface area contributed by atoms with Crippen molar-refractivity contribution in [2.75, 3.05) is 58.7 Å². The zero-order chi connectivity index (χ0) is 18.6. The number of pyridine rings is 1. The Labute approximate surface area is 157 Å². The Kier molecular flexibility index (Phi) is 6.14. The summed E-state index contributed by atoms with van der Waals surface area (Å²) in [4.78, 5) is 24.1. The van der Waals surface area contributed by atoms with Gasteiger partial charge in [0, 0.05) is 31.4 Å². The Bertz CT molecular complexity index is 604. The number of rotatable bonds is 6. The number of piperidine rings is 1. The van der Waals surface area contributed by atoms with Crippen LogP contribution in [0.5, 0.6) is 0 Å². The summed E-state index contributed by atoms with van der Waals surface area (Å²) in [5.41, 5.74) is 0.811. The van der Waals surface area contributed by atoms with Crippen LogP contribution in [0.4, 0.5) is 5.82 Å². The van der Waals surface area contributed by atoms with E-state index in [4.69, 9.17) is 0 Å². The number of aromatic nitrogens is 1. The van der Waals surface area contributed by atoms with Crippen molar-refractivity contribution in [3.63, 3.8) is 0 Å². The predicted octanol–water partition coefficient (Wildman–Crippen LogP) is 2.15. The highest BCUT2D eigenvalue weighted by molar-refractivity contribution is 5.98. The Morgan fingerprint density at radius 2 is 1.92 bits per heavy atom. The highest BCUT2D eigenvalue weighted by Gasteiger charge is 2.36. The Morgan fingerprint density at radius 3 is 2.54 bits per heavy atom. The fourth-order valence-corrected chi connectivity index (χ4v) is 4.13. The van der Waals surface area contributed by atoms with Gasteiger partial charge in [-0.1, -0.05) is 6.92 Å². The van der Waals surface area contributed by atoms with E-state index in [1.165, 1.54) is 0 Å². The second kappa shape index (κ2) is 8.35. The molecule has 1 amide bonds. The fraction of sp³-hybridized carbons (Fsp3) is 0.700. The van der Waals surface area contributed by atoms with E-state index in [1.807, 2.05) is 17.0 Å². The second-order valence-electron chi connectivity index (χ2n) is 7.81. The molecular formula is C20H33N5O. The molecule has 1 aromatic heterocycles. The Hall–Kier alpha value is -1.66. The molecule has 1 N–H and O–H groups in total. The third kappa shape index (κ3) is 4.01. The molecule has 2 aliphatic heterocycles. The van der Waals surface area contributed by atoms with Gasteiger partial charge in [-0.2, -0.15) is 0 Å². The molecule has 0 spiro atoms. The molecular weight excluding hydrogens is 326 g/mol. The molecule has 0 bridgehead atoms. The molecule has 0 aliphatic carbocycles. The van der Waals surface area contributed by atoms with Gasteiger partial charge in [-0.15, -0.1) is 0 Å². The van der Waals surface area contributed by atoms with Gasteiger partial charge in [0.25, 0.3) is 5.91 Å². The van der Waals surface area contributed by atoms with Crippen molar-refractivity contribution in [2.24, 2.45) is 0 Å². The number of hydrogen-bond acceptors (Lipinski definition) is 5. The van der Waals surface area contributed by atoms with Crippen LogP contribution in [-0.4, -0.2) is 84.5 Å². The second-order valence-corrected chi connectivity index (χ2v) is 7.81. The number of carbonyl (C=O) groups is 1. The van der Waals surface area contributed by atoms with Gasteiger partial charge < -0.3 is 20.0 Å². The van der Waals surface area contributed by atoms with Crippen LogP contribution in [0.15, 0.2) is 18.3 Å². The minimum Gasteiger partial charge on any atom is -0.368 e. The third-order valence-corrected chi connectivity index (χ3v) is 6.20. The molecule has 1 aromatic rings. The molecule has 0 radical (unpaired) electrons. The highest BCUT2D eigenvalue weighted by atomic mass is 16.2. The van der Waals surface area contributed by atoms with Gasteiger partial charge in [-0.05, 0) is 71.5 Å². The smallest absolute Gasteiger partial charge is 0.257 e. The fourth-order valence-electron chi connectivity index (χ4n) is 4.13. The summed E-state index contributed by atoms with van der Waals surface area (Å²) in [5.74, 6) is 0.835. The average Bonchev–Trinajstić information content (AvgIpc) is 3.21. The van der Waals surface area contributed by atoms with Crippen LogP contribution in [0.25, 0.3) is 0 Å². The van der Waals surface area contributed by atoms with Crippen LogP contribution in [0, 0.1) is 0 Å². The van der Waals surface area contributed by atoms with Gasteiger partial charge >= 0.3 is 0 Å². The lowest BCUT2D eigenvalue weighted by Crippen LogP contribution is -2.56. The van der Waals surface area contributed by atoms with Crippen LogP contribution in [-0.2, 0) is 0 Å². The van der Waals surface area contributed by atoms with Gasteiger partial charge in [0.1, 0.15) is 5.82 Å². The van der Waals surface area contributed by atoms with E-state index in [-0.39, 0.29) is 11.4 Å². The molecule has 144 valence electrons. The number of likely N-dealkylation sites (tertiary alicyclic amines) is 2. The molecule has 2 saturated heterocycles. The van der Waals surface area contributed by atoms with E-state index in [2.05, 4.69) is 41.1 Å². The summed E-state index contributed by atoms with van der Waals surface area (Å²) in [6, 6.07) is 3.76. The molecule has 6 heteroatoms. The molecule has 3 heterocycles. The lowest BCUT2D eigenvalue weighted by Gasteiger charge is -2.46. The summed E-state index contributed by atoms with van der Waals surface area (Å²) in [5, 5.41) is 3.52. The molecule has 0 atom stereocenters. The first kappa shape index (κ1) is 19.1. The van der Waals surface area contributed by atoms with E-state index >= 15 is 0 Å². The molecule has 0 unspecified atom stereocenters. The molecule has 2 aliphatic rings. The maximum absolute atomic E-state index is 12.8. The minimum atomic E-state index is 0.108. The summed E-state index contributed by atoms with van der Waals surface area (Å²) >= 11 is 0. The SMILES string of the molecule is CCN1CCC(CNc2ncccc2C(=O)N2CCCC2)(N(C)C)CC1. The van der Waals surface area contributed by atoms with Crippen LogP contribution < -0.4 is 5.32 Å². The Balaban J connectivity index is 1.71. The van der Waals surface area contributed by atoms with Crippen molar-refractivity contribution >= 4 is 11.7 Å². The van der Waals surface area contributed by atoms with Gasteiger partial charge in [-0.25, -0.2) is 4.98 Å². The van der Waals surface area contributed by atoms with Gasteiger partial charge in [0.15, 0.2) is 0 Å². The zero-order valence-electron chi connectivity index (χ0n) is 16.5. The van der Waals surface area contributed by atoms with Crippen molar-refractivity contribution < 1.29 is 4.79 Å². The number of hydrogen-bond donors (Lipinski definition) is 1. The molecule has 2 fully saturated rings. The van der Waals surface area contributed by atoms with E-state index in [0.717, 1.165) is 70.8 Å². The maximum Gasteiger partial charge on any atom is 0.257 e. The van der Waals surface area contributed by atoms with Crippen LogP contribution >= 0.6 is 0 Å². The molecule has 3 rings (SSSR count). The minimum absolute atomic E-state index is 0.108. The van der Waals surface area contributed by atoms with Crippen LogP contribution in [0.1, 0.15) is 43.0 Å². The number of carbonyl (C=O) groups excluding carboxylic acids is 1. The monoisotopic (exact) mass is 359 g/mol. The van der Waals surface area contributed by atoms with Crippen molar-refractivity contribution in [1.29, 1.82) is 0 Å². The summed E-state index contributed by atoms with van der Waals surface area (Å²) in [6.45, 7) is 8.13. The van der Waals surface area contributed by atoms with Gasteiger partial charge in [0.05, 0.1) is 5.56 Å². The molecule has 0 saturated carbocycles. The Morgan fingerprint density at radius 1 is 1.23 bits per heavy atom. The summed E-state index contributed by atoms with van der Waals surface area (Å²) in [6.07, 6.45) is 6.23. The van der Waals surface area contributed by atoms with Gasteiger partial charge in [0.2, 0.25) is 0 Å². The summed E-state index contributed by atoms with van der Waals surface area (Å²) < 4.78 is 0. The van der Waals surface area contributed by atoms with Gasteiger partial charge in [-0.3, -0.25) is 4.79 Å². The molecule has 6 nitrogen and oxygen atoms in total. The topological polar surface area (TPSA) is 51.7 Å². The van der Waals surface area contributed by atoms with Crippen molar-refractivity contribution in [3.05, 3.63) is 23.9 Å². The number of anilines is 1. The third-order valence-electron chi connectivity index (χ3n) is 6.20. The maximum atomic E-state index is 12.8. The van der Waals surface area contributed by atoms with Crippen LogP contribution in [0.3, 0.4) is 0 Å². The lowest BCUT2D eigenvalue weighted by molar-refractivity contribution is 0.0685. The van der Waals surface area contributed by atoms with Crippen molar-refractivity contribution in [2.45, 2.75) is 38.1 Å². The summed E-state index contributed by atoms with van der Waals surface area (Å²) in [7, 11) is 4.33. The standard InChI is InChI=1S/C20H33N5O/c1-4-24-14-9-20(10-15-24,23(2)3)16-22-18-17(8-7-11-21-18)19(26)25-12-5-6-13-25/h7-8,11H,4-6,9-10,12-16H2,1-3H3,(H,21,22). The lowest BCUT2D eigenvalue weighted by atomic mass is 9.86. The zero-order valence-corrected chi connectivity index (χ0v) is 16.5. The highest BCUT2D eigenvalue weighted by Crippen LogP contribution is 2.28. The van der Waals surface area contributed by atoms with E-state index < -0.39 is 0 Å². The van der Waals surface area contributed by atoms with Crippen molar-refractivity contribution in [3.8, 4) is 0 Å². The number of nitrogens with zero attached hydrogens (tertiary/aromatic N) is 4. The first-order valence-corrected chi connectivity index (χ1v) is 9.94. The average molecular weight is 360 g/mol. The number of likely N-dealkylation sites (N-methyl/N-ethyl adjacent to an activating group) is 1. The van der Waals surface area contributed by atoms with E-state index in [0.29, 0.717) is 5.56 Å². The van der Waals surface area contributed by atoms with Crippen LogP contribution in [0.2, 0.25) is 0 Å². The molecule has 26 heavy (non-hydrogen) atoms. The predicted molar refractivity (Wildman–Crippen MR) is 106 cm³/mol. The normalized spacial score (nSPS) is 20.5. The quantitative estimate of drug-likeness (QED) is 0.843.